The van der Waals surface area contributed by atoms with Gasteiger partial charge in [-0.1, -0.05) is 35.9 Å². The standard InChI is InChI=1S/C29H28N6O2/c1-18-8-11-23(12-9-18)33-29(37)26-14-10-21-6-4-5-7-25(21)34(26)27(36)15-13-24-19(2)32-28-22(16-30)17-31-35(28)20(24)3/h4-9,11-12,17,26H,10,13-15H2,1-3H3,(H,33,37). The summed E-state index contributed by atoms with van der Waals surface area (Å²) in [7, 11) is 0. The summed E-state index contributed by atoms with van der Waals surface area (Å²) in [6.45, 7) is 5.80. The predicted molar refractivity (Wildman–Crippen MR) is 141 cm³/mol. The molecule has 3 heterocycles. The molecule has 1 aliphatic heterocycles. The van der Waals surface area contributed by atoms with Crippen LogP contribution in [0.25, 0.3) is 5.65 Å². The highest BCUT2D eigenvalue weighted by molar-refractivity contribution is 6.06. The van der Waals surface area contributed by atoms with Crippen LogP contribution in [0.5, 0.6) is 0 Å². The lowest BCUT2D eigenvalue weighted by Gasteiger charge is -2.36. The molecule has 8 heteroatoms. The normalized spacial score (nSPS) is 14.8. The van der Waals surface area contributed by atoms with Crippen molar-refractivity contribution in [1.82, 2.24) is 14.6 Å². The highest BCUT2D eigenvalue weighted by atomic mass is 16.2. The molecule has 2 amide bonds. The first kappa shape index (κ1) is 24.2. The Morgan fingerprint density at radius 3 is 2.62 bits per heavy atom. The molecule has 0 fully saturated rings. The van der Waals surface area contributed by atoms with E-state index >= 15 is 0 Å². The van der Waals surface area contributed by atoms with Gasteiger partial charge in [0, 0.05) is 29.2 Å². The number of rotatable bonds is 5. The lowest BCUT2D eigenvalue weighted by molar-refractivity contribution is -0.124. The third-order valence-electron chi connectivity index (χ3n) is 7.06. The average molecular weight is 493 g/mol. The molecule has 8 nitrogen and oxygen atoms in total. The van der Waals surface area contributed by atoms with Gasteiger partial charge in [-0.15, -0.1) is 0 Å². The summed E-state index contributed by atoms with van der Waals surface area (Å²) in [5.41, 5.74) is 7.14. The number of benzene rings is 2. The molecule has 37 heavy (non-hydrogen) atoms. The van der Waals surface area contributed by atoms with Gasteiger partial charge >= 0.3 is 0 Å². The molecule has 2 aromatic heterocycles. The molecule has 5 rings (SSSR count). The second-order valence-electron chi connectivity index (χ2n) is 9.47. The van der Waals surface area contributed by atoms with Crippen LogP contribution in [0.4, 0.5) is 11.4 Å². The molecule has 1 atom stereocenters. The van der Waals surface area contributed by atoms with Gasteiger partial charge in [0.15, 0.2) is 5.65 Å². The Kier molecular flexibility index (Phi) is 6.45. The first-order valence-electron chi connectivity index (χ1n) is 12.4. The van der Waals surface area contributed by atoms with Crippen LogP contribution in [0, 0.1) is 32.1 Å². The second-order valence-corrected chi connectivity index (χ2v) is 9.47. The number of aromatic nitrogens is 3. The third-order valence-corrected chi connectivity index (χ3v) is 7.06. The SMILES string of the molecule is Cc1ccc(NC(=O)C2CCc3ccccc3N2C(=O)CCc2c(C)nc3c(C#N)cnn3c2C)cc1. The van der Waals surface area contributed by atoms with Crippen molar-refractivity contribution in [2.24, 2.45) is 0 Å². The number of carbonyl (C=O) groups is 2. The summed E-state index contributed by atoms with van der Waals surface area (Å²) < 4.78 is 1.65. The Morgan fingerprint density at radius 2 is 1.86 bits per heavy atom. The zero-order chi connectivity index (χ0) is 26.1. The van der Waals surface area contributed by atoms with Crippen molar-refractivity contribution >= 4 is 28.8 Å². The zero-order valence-corrected chi connectivity index (χ0v) is 21.2. The number of para-hydroxylation sites is 1. The van der Waals surface area contributed by atoms with Crippen molar-refractivity contribution in [2.45, 2.75) is 52.5 Å². The topological polar surface area (TPSA) is 103 Å². The van der Waals surface area contributed by atoms with Crippen LogP contribution in [0.1, 0.15) is 46.5 Å². The third kappa shape index (κ3) is 4.56. The monoisotopic (exact) mass is 492 g/mol. The van der Waals surface area contributed by atoms with E-state index in [0.717, 1.165) is 40.2 Å². The molecule has 0 saturated heterocycles. The van der Waals surface area contributed by atoms with Gasteiger partial charge in [-0.05, 0) is 69.4 Å². The van der Waals surface area contributed by atoms with E-state index in [1.165, 1.54) is 6.20 Å². The van der Waals surface area contributed by atoms with Gasteiger partial charge in [-0.3, -0.25) is 14.5 Å². The van der Waals surface area contributed by atoms with Gasteiger partial charge in [0.2, 0.25) is 11.8 Å². The van der Waals surface area contributed by atoms with E-state index < -0.39 is 6.04 Å². The molecule has 2 aromatic carbocycles. The summed E-state index contributed by atoms with van der Waals surface area (Å²) in [6.07, 6.45) is 3.45. The fourth-order valence-electron chi connectivity index (χ4n) is 5.07. The number of nitrogens with one attached hydrogen (secondary N) is 1. The number of hydrogen-bond donors (Lipinski definition) is 1. The molecular weight excluding hydrogens is 464 g/mol. The molecule has 0 bridgehead atoms. The van der Waals surface area contributed by atoms with Crippen molar-refractivity contribution < 1.29 is 9.59 Å². The maximum atomic E-state index is 13.7. The number of hydrogen-bond acceptors (Lipinski definition) is 5. The Balaban J connectivity index is 1.41. The first-order chi connectivity index (χ1) is 17.9. The van der Waals surface area contributed by atoms with Crippen LogP contribution in [0.2, 0.25) is 0 Å². The van der Waals surface area contributed by atoms with Crippen LogP contribution in [-0.2, 0) is 22.4 Å². The van der Waals surface area contributed by atoms with Gasteiger partial charge in [0.25, 0.3) is 0 Å². The van der Waals surface area contributed by atoms with Crippen LogP contribution < -0.4 is 10.2 Å². The minimum Gasteiger partial charge on any atom is -0.324 e. The van der Waals surface area contributed by atoms with E-state index in [9.17, 15) is 14.9 Å². The number of nitrogens with zero attached hydrogens (tertiary/aromatic N) is 5. The Hall–Kier alpha value is -4.51. The molecule has 0 saturated carbocycles. The average Bonchev–Trinajstić information content (AvgIpc) is 3.32. The number of fused-ring (bicyclic) bond motifs is 2. The summed E-state index contributed by atoms with van der Waals surface area (Å²) in [5, 5.41) is 16.6. The van der Waals surface area contributed by atoms with Crippen LogP contribution in [-0.4, -0.2) is 32.5 Å². The predicted octanol–water partition coefficient (Wildman–Crippen LogP) is 4.45. The number of nitriles is 1. The highest BCUT2D eigenvalue weighted by Gasteiger charge is 2.35. The van der Waals surface area contributed by atoms with E-state index in [0.29, 0.717) is 29.7 Å². The van der Waals surface area contributed by atoms with E-state index in [1.54, 1.807) is 9.42 Å². The van der Waals surface area contributed by atoms with Gasteiger partial charge in [-0.2, -0.15) is 10.4 Å². The Bertz CT molecular complexity index is 1550. The zero-order valence-electron chi connectivity index (χ0n) is 21.2. The first-order valence-corrected chi connectivity index (χ1v) is 12.4. The van der Waals surface area contributed by atoms with E-state index in [4.69, 9.17) is 0 Å². The summed E-state index contributed by atoms with van der Waals surface area (Å²) in [4.78, 5) is 33.4. The Labute approximate surface area is 215 Å². The molecule has 1 unspecified atom stereocenters. The second kappa shape index (κ2) is 9.86. The molecule has 0 radical (unpaired) electrons. The Morgan fingerprint density at radius 1 is 1.11 bits per heavy atom. The lowest BCUT2D eigenvalue weighted by Crippen LogP contribution is -2.50. The fourth-order valence-corrected chi connectivity index (χ4v) is 5.07. The summed E-state index contributed by atoms with van der Waals surface area (Å²) in [5.74, 6) is -0.309. The molecule has 0 spiro atoms. The maximum absolute atomic E-state index is 13.7. The smallest absolute Gasteiger partial charge is 0.247 e. The molecule has 4 aromatic rings. The molecule has 1 N–H and O–H groups in total. The van der Waals surface area contributed by atoms with Crippen LogP contribution in [0.3, 0.4) is 0 Å². The lowest BCUT2D eigenvalue weighted by atomic mass is 9.94. The number of anilines is 2. The van der Waals surface area contributed by atoms with E-state index in [-0.39, 0.29) is 18.2 Å². The van der Waals surface area contributed by atoms with E-state index in [1.807, 2.05) is 69.3 Å². The molecule has 0 aliphatic carbocycles. The largest absolute Gasteiger partial charge is 0.324 e. The number of carbonyl (C=O) groups excluding carboxylic acids is 2. The van der Waals surface area contributed by atoms with Gasteiger partial charge < -0.3 is 5.32 Å². The quantitative estimate of drug-likeness (QED) is 0.443. The molecule has 1 aliphatic rings. The molecular formula is C29H28N6O2. The van der Waals surface area contributed by atoms with Crippen molar-refractivity contribution in [3.63, 3.8) is 0 Å². The van der Waals surface area contributed by atoms with Gasteiger partial charge in [0.1, 0.15) is 17.7 Å². The van der Waals surface area contributed by atoms with Gasteiger partial charge in [-0.25, -0.2) is 9.50 Å². The fraction of sp³-hybridized carbons (Fsp3) is 0.276. The highest BCUT2D eigenvalue weighted by Crippen LogP contribution is 2.32. The van der Waals surface area contributed by atoms with Gasteiger partial charge in [0.05, 0.1) is 6.20 Å². The van der Waals surface area contributed by atoms with Crippen molar-refractivity contribution in [2.75, 3.05) is 10.2 Å². The van der Waals surface area contributed by atoms with Crippen LogP contribution >= 0.6 is 0 Å². The molecule has 186 valence electrons. The van der Waals surface area contributed by atoms with Crippen molar-refractivity contribution in [3.8, 4) is 6.07 Å². The minimum absolute atomic E-state index is 0.117. The van der Waals surface area contributed by atoms with E-state index in [2.05, 4.69) is 21.5 Å². The number of amides is 2. The summed E-state index contributed by atoms with van der Waals surface area (Å²) >= 11 is 0. The number of aryl methyl sites for hydroxylation is 4. The van der Waals surface area contributed by atoms with Crippen molar-refractivity contribution in [1.29, 1.82) is 5.26 Å². The minimum atomic E-state index is -0.601. The maximum Gasteiger partial charge on any atom is 0.247 e. The van der Waals surface area contributed by atoms with Crippen molar-refractivity contribution in [3.05, 3.63) is 88.4 Å². The summed E-state index contributed by atoms with van der Waals surface area (Å²) in [6, 6.07) is 16.9. The van der Waals surface area contributed by atoms with Crippen LogP contribution in [0.15, 0.2) is 54.7 Å².